The van der Waals surface area contributed by atoms with Gasteiger partial charge in [-0.05, 0) is 20.8 Å². The number of nitrogens with zero attached hydrogens (tertiary/aromatic N) is 1. The van der Waals surface area contributed by atoms with Gasteiger partial charge in [0.1, 0.15) is 13.1 Å². The van der Waals surface area contributed by atoms with Crippen LogP contribution in [-0.4, -0.2) is 48.8 Å². The molecule has 0 saturated heterocycles. The van der Waals surface area contributed by atoms with Crippen molar-refractivity contribution in [1.29, 1.82) is 0 Å². The summed E-state index contributed by atoms with van der Waals surface area (Å²) < 4.78 is 41.2. The van der Waals surface area contributed by atoms with Crippen LogP contribution in [0.1, 0.15) is 20.8 Å². The number of carbonyl (C=O) groups excluding carboxylic acids is 2. The number of esters is 1. The van der Waals surface area contributed by atoms with E-state index < -0.39 is 37.3 Å². The van der Waals surface area contributed by atoms with Gasteiger partial charge in [0.25, 0.3) is 0 Å². The van der Waals surface area contributed by atoms with Crippen LogP contribution < -0.4 is 5.32 Å². The number of amides is 2. The van der Waals surface area contributed by atoms with Crippen molar-refractivity contribution in [2.24, 2.45) is 0 Å². The highest BCUT2D eigenvalue weighted by molar-refractivity contribution is 5.81. The summed E-state index contributed by atoms with van der Waals surface area (Å²) in [5, 5.41) is 2.08. The van der Waals surface area contributed by atoms with Gasteiger partial charge in [-0.3, -0.25) is 4.79 Å². The van der Waals surface area contributed by atoms with E-state index in [-0.39, 0.29) is 6.61 Å². The topological polar surface area (TPSA) is 58.6 Å². The predicted molar refractivity (Wildman–Crippen MR) is 57.9 cm³/mol. The van der Waals surface area contributed by atoms with Crippen LogP contribution in [0.15, 0.2) is 0 Å². The molecule has 0 aromatic carbocycles. The fraction of sp³-hybridized carbons (Fsp3) is 0.800. The minimum atomic E-state index is -4.48. The maximum Gasteiger partial charge on any atom is 0.406 e. The summed E-state index contributed by atoms with van der Waals surface area (Å²) in [4.78, 5) is 23.0. The molecule has 0 radical (unpaired) electrons. The zero-order chi connectivity index (χ0) is 14.3. The number of urea groups is 1. The van der Waals surface area contributed by atoms with Crippen LogP contribution in [0.3, 0.4) is 0 Å². The third-order valence-electron chi connectivity index (χ3n) is 1.92. The van der Waals surface area contributed by atoms with Gasteiger partial charge in [0.2, 0.25) is 0 Å². The molecule has 0 spiro atoms. The van der Waals surface area contributed by atoms with E-state index >= 15 is 0 Å². The predicted octanol–water partition coefficient (Wildman–Crippen LogP) is 1.53. The molecule has 0 bridgehead atoms. The summed E-state index contributed by atoms with van der Waals surface area (Å²) in [6.45, 7) is 2.83. The zero-order valence-electron chi connectivity index (χ0n) is 10.5. The Bertz CT molecular complexity index is 293. The molecule has 0 unspecified atom stereocenters. The second-order valence-corrected chi connectivity index (χ2v) is 3.80. The van der Waals surface area contributed by atoms with Crippen LogP contribution in [0.2, 0.25) is 0 Å². The first-order valence-corrected chi connectivity index (χ1v) is 5.44. The number of hydrogen-bond acceptors (Lipinski definition) is 3. The molecule has 0 aromatic heterocycles. The van der Waals surface area contributed by atoms with Crippen molar-refractivity contribution in [2.75, 3.05) is 19.7 Å². The molecule has 0 aliphatic heterocycles. The van der Waals surface area contributed by atoms with E-state index in [9.17, 15) is 22.8 Å². The van der Waals surface area contributed by atoms with Gasteiger partial charge >= 0.3 is 18.2 Å². The van der Waals surface area contributed by atoms with Crippen molar-refractivity contribution in [3.63, 3.8) is 0 Å². The molecule has 0 aromatic rings. The number of alkyl halides is 3. The molecule has 0 saturated carbocycles. The fourth-order valence-corrected chi connectivity index (χ4v) is 1.14. The van der Waals surface area contributed by atoms with Crippen LogP contribution in [0.4, 0.5) is 18.0 Å². The minimum Gasteiger partial charge on any atom is -0.465 e. The van der Waals surface area contributed by atoms with Crippen LogP contribution in [0.5, 0.6) is 0 Å². The van der Waals surface area contributed by atoms with Crippen LogP contribution in [0.25, 0.3) is 0 Å². The molecule has 0 heterocycles. The number of nitrogens with one attached hydrogen (secondary N) is 1. The van der Waals surface area contributed by atoms with Gasteiger partial charge in [-0.2, -0.15) is 13.2 Å². The van der Waals surface area contributed by atoms with E-state index in [0.717, 1.165) is 0 Å². The molecule has 106 valence electrons. The van der Waals surface area contributed by atoms with Gasteiger partial charge in [-0.1, -0.05) is 0 Å². The first-order chi connectivity index (χ1) is 8.17. The lowest BCUT2D eigenvalue weighted by Crippen LogP contribution is -2.49. The Labute approximate surface area is 103 Å². The monoisotopic (exact) mass is 270 g/mol. The second-order valence-electron chi connectivity index (χ2n) is 3.80. The van der Waals surface area contributed by atoms with Gasteiger partial charge < -0.3 is 15.0 Å². The number of hydrogen-bond donors (Lipinski definition) is 1. The van der Waals surface area contributed by atoms with E-state index in [1.165, 1.54) is 13.8 Å². The smallest absolute Gasteiger partial charge is 0.406 e. The lowest BCUT2D eigenvalue weighted by Gasteiger charge is -2.27. The zero-order valence-corrected chi connectivity index (χ0v) is 10.5. The van der Waals surface area contributed by atoms with E-state index in [1.54, 1.807) is 6.92 Å². The van der Waals surface area contributed by atoms with E-state index in [1.807, 2.05) is 0 Å². The lowest BCUT2D eigenvalue weighted by molar-refractivity contribution is -0.143. The summed E-state index contributed by atoms with van der Waals surface area (Å²) in [6.07, 6.45) is -4.48. The lowest BCUT2D eigenvalue weighted by atomic mass is 10.3. The van der Waals surface area contributed by atoms with Crippen molar-refractivity contribution in [3.8, 4) is 0 Å². The van der Waals surface area contributed by atoms with Crippen molar-refractivity contribution in [2.45, 2.75) is 33.0 Å². The standard InChI is InChI=1S/C10H17F3N2O3/c1-4-18-8(16)5-14-9(17)15(7(2)3)6-10(11,12)13/h7H,4-6H2,1-3H3,(H,14,17). The minimum absolute atomic E-state index is 0.144. The van der Waals surface area contributed by atoms with Crippen molar-refractivity contribution < 1.29 is 27.5 Å². The molecule has 1 N–H and O–H groups in total. The van der Waals surface area contributed by atoms with Gasteiger partial charge in [-0.25, -0.2) is 4.79 Å². The van der Waals surface area contributed by atoms with E-state index in [4.69, 9.17) is 0 Å². The van der Waals surface area contributed by atoms with E-state index in [2.05, 4.69) is 10.1 Å². The summed E-state index contributed by atoms with van der Waals surface area (Å²) in [7, 11) is 0. The summed E-state index contributed by atoms with van der Waals surface area (Å²) in [5.41, 5.74) is 0. The molecule has 18 heavy (non-hydrogen) atoms. The van der Waals surface area contributed by atoms with Gasteiger partial charge in [-0.15, -0.1) is 0 Å². The number of rotatable bonds is 5. The Balaban J connectivity index is 4.36. The highest BCUT2D eigenvalue weighted by atomic mass is 19.4. The molecule has 0 atom stereocenters. The second kappa shape index (κ2) is 7.07. The molecular weight excluding hydrogens is 253 g/mol. The summed E-state index contributed by atoms with van der Waals surface area (Å²) >= 11 is 0. The van der Waals surface area contributed by atoms with Crippen LogP contribution in [-0.2, 0) is 9.53 Å². The van der Waals surface area contributed by atoms with E-state index in [0.29, 0.717) is 4.90 Å². The Morgan fingerprint density at radius 3 is 2.28 bits per heavy atom. The molecule has 8 heteroatoms. The normalized spacial score (nSPS) is 11.3. The average Bonchev–Trinajstić information content (AvgIpc) is 2.21. The quantitative estimate of drug-likeness (QED) is 0.771. The third kappa shape index (κ3) is 6.97. The highest BCUT2D eigenvalue weighted by Gasteiger charge is 2.34. The maximum atomic E-state index is 12.2. The van der Waals surface area contributed by atoms with Crippen molar-refractivity contribution in [1.82, 2.24) is 10.2 Å². The Morgan fingerprint density at radius 2 is 1.89 bits per heavy atom. The SMILES string of the molecule is CCOC(=O)CNC(=O)N(CC(F)(F)F)C(C)C. The number of carbonyl (C=O) groups is 2. The van der Waals surface area contributed by atoms with Gasteiger partial charge in [0.15, 0.2) is 0 Å². The molecule has 5 nitrogen and oxygen atoms in total. The van der Waals surface area contributed by atoms with Gasteiger partial charge in [0, 0.05) is 6.04 Å². The first-order valence-electron chi connectivity index (χ1n) is 5.44. The fourth-order valence-electron chi connectivity index (χ4n) is 1.14. The first kappa shape index (κ1) is 16.5. The Morgan fingerprint density at radius 1 is 1.33 bits per heavy atom. The van der Waals surface area contributed by atoms with Gasteiger partial charge in [0.05, 0.1) is 6.61 Å². The molecule has 0 fully saturated rings. The number of ether oxygens (including phenoxy) is 1. The number of halogens is 3. The van der Waals surface area contributed by atoms with Crippen molar-refractivity contribution in [3.05, 3.63) is 0 Å². The highest BCUT2D eigenvalue weighted by Crippen LogP contribution is 2.17. The molecule has 0 rings (SSSR count). The Hall–Kier alpha value is -1.47. The summed E-state index contributed by atoms with van der Waals surface area (Å²) in [5.74, 6) is -0.693. The van der Waals surface area contributed by atoms with Crippen LogP contribution >= 0.6 is 0 Å². The maximum absolute atomic E-state index is 12.2. The average molecular weight is 270 g/mol. The summed E-state index contributed by atoms with van der Waals surface area (Å²) in [6, 6.07) is -1.58. The molecule has 0 aliphatic rings. The largest absolute Gasteiger partial charge is 0.465 e. The third-order valence-corrected chi connectivity index (χ3v) is 1.92. The Kier molecular flexibility index (Phi) is 6.50. The molecule has 2 amide bonds. The molecule has 0 aliphatic carbocycles. The molecular formula is C10H17F3N2O3. The van der Waals surface area contributed by atoms with Crippen LogP contribution in [0, 0.1) is 0 Å². The van der Waals surface area contributed by atoms with Crippen molar-refractivity contribution >= 4 is 12.0 Å².